The van der Waals surface area contributed by atoms with Crippen LogP contribution in [0.5, 0.6) is 0 Å². The average molecular weight is 383 g/mol. The van der Waals surface area contributed by atoms with E-state index in [4.69, 9.17) is 0 Å². The number of hydrogen-bond donors (Lipinski definition) is 2. The second-order valence-electron chi connectivity index (χ2n) is 7.31. The summed E-state index contributed by atoms with van der Waals surface area (Å²) < 4.78 is 0. The van der Waals surface area contributed by atoms with Gasteiger partial charge in [-0.2, -0.15) is 0 Å². The van der Waals surface area contributed by atoms with Gasteiger partial charge in [-0.3, -0.25) is 9.59 Å². The van der Waals surface area contributed by atoms with Gasteiger partial charge in [0.05, 0.1) is 5.56 Å². The van der Waals surface area contributed by atoms with Gasteiger partial charge in [0.15, 0.2) is 0 Å². The van der Waals surface area contributed by atoms with E-state index < -0.39 is 0 Å². The lowest BCUT2D eigenvalue weighted by Crippen LogP contribution is -2.28. The van der Waals surface area contributed by atoms with E-state index in [-0.39, 0.29) is 11.8 Å². The summed E-state index contributed by atoms with van der Waals surface area (Å²) in [6.07, 6.45) is 0.875. The highest BCUT2D eigenvalue weighted by Crippen LogP contribution is 2.23. The van der Waals surface area contributed by atoms with Gasteiger partial charge in [-0.05, 0) is 63.8 Å². The maximum atomic E-state index is 12.7. The molecule has 6 nitrogen and oxygen atoms in total. The molecule has 150 valence electrons. The monoisotopic (exact) mass is 382 g/mol. The summed E-state index contributed by atoms with van der Waals surface area (Å²) in [6.45, 7) is 3.41. The van der Waals surface area contributed by atoms with E-state index >= 15 is 0 Å². The van der Waals surface area contributed by atoms with E-state index in [1.54, 1.807) is 12.1 Å². The fourth-order valence-electron chi connectivity index (χ4n) is 2.90. The van der Waals surface area contributed by atoms with Crippen LogP contribution in [0.3, 0.4) is 0 Å². The molecule has 0 saturated carbocycles. The highest BCUT2D eigenvalue weighted by atomic mass is 16.2. The Labute approximate surface area is 167 Å². The Morgan fingerprint density at radius 3 is 2.29 bits per heavy atom. The molecule has 0 radical (unpaired) electrons. The van der Waals surface area contributed by atoms with E-state index in [0.29, 0.717) is 23.4 Å². The van der Waals surface area contributed by atoms with Crippen molar-refractivity contribution >= 4 is 23.2 Å². The molecule has 0 aliphatic carbocycles. The molecular weight excluding hydrogens is 352 g/mol. The SMILES string of the molecule is Cc1ccccc1C(=O)Nc1ccc(N(C)C)c(C(=O)NCCCN(C)C)c1. The van der Waals surface area contributed by atoms with Crippen LogP contribution in [0.2, 0.25) is 0 Å². The number of carbonyl (C=O) groups excluding carboxylic acids is 2. The van der Waals surface area contributed by atoms with Gasteiger partial charge in [-0.15, -0.1) is 0 Å². The van der Waals surface area contributed by atoms with Crippen LogP contribution in [0, 0.1) is 6.92 Å². The van der Waals surface area contributed by atoms with Crippen molar-refractivity contribution in [3.63, 3.8) is 0 Å². The van der Waals surface area contributed by atoms with Crippen molar-refractivity contribution in [2.75, 3.05) is 51.5 Å². The first-order chi connectivity index (χ1) is 13.3. The maximum Gasteiger partial charge on any atom is 0.255 e. The van der Waals surface area contributed by atoms with E-state index in [2.05, 4.69) is 15.5 Å². The first-order valence-corrected chi connectivity index (χ1v) is 9.41. The highest BCUT2D eigenvalue weighted by Gasteiger charge is 2.15. The zero-order valence-electron chi connectivity index (χ0n) is 17.4. The molecule has 2 aromatic carbocycles. The quantitative estimate of drug-likeness (QED) is 0.689. The van der Waals surface area contributed by atoms with Crippen LogP contribution in [0.1, 0.15) is 32.7 Å². The van der Waals surface area contributed by atoms with Gasteiger partial charge in [-0.1, -0.05) is 18.2 Å². The summed E-state index contributed by atoms with van der Waals surface area (Å²) >= 11 is 0. The Hall–Kier alpha value is -2.86. The van der Waals surface area contributed by atoms with Gasteiger partial charge in [0.1, 0.15) is 0 Å². The van der Waals surface area contributed by atoms with E-state index in [9.17, 15) is 9.59 Å². The van der Waals surface area contributed by atoms with Crippen molar-refractivity contribution in [2.45, 2.75) is 13.3 Å². The number of nitrogens with one attached hydrogen (secondary N) is 2. The molecule has 6 heteroatoms. The Balaban J connectivity index is 2.17. The molecule has 0 unspecified atom stereocenters. The van der Waals surface area contributed by atoms with Crippen LogP contribution in [0.25, 0.3) is 0 Å². The number of amides is 2. The van der Waals surface area contributed by atoms with E-state index in [0.717, 1.165) is 24.2 Å². The largest absolute Gasteiger partial charge is 0.377 e. The minimum Gasteiger partial charge on any atom is -0.377 e. The fourth-order valence-corrected chi connectivity index (χ4v) is 2.90. The minimum atomic E-state index is -0.187. The Bertz CT molecular complexity index is 831. The Morgan fingerprint density at radius 1 is 0.929 bits per heavy atom. The van der Waals surface area contributed by atoms with Crippen molar-refractivity contribution in [3.05, 3.63) is 59.2 Å². The topological polar surface area (TPSA) is 64.7 Å². The number of carbonyl (C=O) groups is 2. The zero-order valence-corrected chi connectivity index (χ0v) is 17.4. The van der Waals surface area contributed by atoms with Gasteiger partial charge in [0.25, 0.3) is 11.8 Å². The molecule has 28 heavy (non-hydrogen) atoms. The number of anilines is 2. The summed E-state index contributed by atoms with van der Waals surface area (Å²) in [7, 11) is 7.80. The summed E-state index contributed by atoms with van der Waals surface area (Å²) in [5, 5.41) is 5.86. The molecule has 0 aromatic heterocycles. The lowest BCUT2D eigenvalue weighted by atomic mass is 10.1. The lowest BCUT2D eigenvalue weighted by molar-refractivity contribution is 0.0951. The molecular formula is C22H30N4O2. The van der Waals surface area contributed by atoms with Crippen LogP contribution in [-0.2, 0) is 0 Å². The summed E-state index contributed by atoms with van der Waals surface area (Å²) in [5.74, 6) is -0.331. The smallest absolute Gasteiger partial charge is 0.255 e. The van der Waals surface area contributed by atoms with Crippen molar-refractivity contribution in [1.29, 1.82) is 0 Å². The highest BCUT2D eigenvalue weighted by molar-refractivity contribution is 6.07. The van der Waals surface area contributed by atoms with Crippen LogP contribution < -0.4 is 15.5 Å². The molecule has 2 aromatic rings. The molecule has 0 atom stereocenters. The van der Waals surface area contributed by atoms with E-state index in [1.807, 2.05) is 70.3 Å². The Morgan fingerprint density at radius 2 is 1.64 bits per heavy atom. The third-order valence-corrected chi connectivity index (χ3v) is 4.44. The van der Waals surface area contributed by atoms with Crippen molar-refractivity contribution in [3.8, 4) is 0 Å². The number of hydrogen-bond acceptors (Lipinski definition) is 4. The normalized spacial score (nSPS) is 10.6. The number of nitrogens with zero attached hydrogens (tertiary/aromatic N) is 2. The second-order valence-corrected chi connectivity index (χ2v) is 7.31. The van der Waals surface area contributed by atoms with Gasteiger partial charge < -0.3 is 20.4 Å². The molecule has 0 fully saturated rings. The standard InChI is InChI=1S/C22H30N4O2/c1-16-9-6-7-10-18(16)22(28)24-17-11-12-20(26(4)5)19(15-17)21(27)23-13-8-14-25(2)3/h6-7,9-12,15H,8,13-14H2,1-5H3,(H,23,27)(H,24,28). The molecule has 0 aliphatic heterocycles. The summed E-state index contributed by atoms with van der Waals surface area (Å²) in [4.78, 5) is 29.3. The molecule has 0 bridgehead atoms. The van der Waals surface area contributed by atoms with Crippen LogP contribution >= 0.6 is 0 Å². The van der Waals surface area contributed by atoms with Gasteiger partial charge in [0, 0.05) is 37.6 Å². The van der Waals surface area contributed by atoms with Crippen molar-refractivity contribution in [2.24, 2.45) is 0 Å². The van der Waals surface area contributed by atoms with Gasteiger partial charge >= 0.3 is 0 Å². The number of benzene rings is 2. The predicted octanol–water partition coefficient (Wildman–Crippen LogP) is 2.99. The second kappa shape index (κ2) is 9.90. The fraction of sp³-hybridized carbons (Fsp3) is 0.364. The van der Waals surface area contributed by atoms with Gasteiger partial charge in [0.2, 0.25) is 0 Å². The molecule has 0 spiro atoms. The van der Waals surface area contributed by atoms with Crippen molar-refractivity contribution in [1.82, 2.24) is 10.2 Å². The molecule has 0 aliphatic rings. The summed E-state index contributed by atoms with van der Waals surface area (Å²) in [6, 6.07) is 12.8. The number of aryl methyl sites for hydroxylation is 1. The van der Waals surface area contributed by atoms with Crippen LogP contribution in [-0.4, -0.2) is 58.0 Å². The first kappa shape index (κ1) is 21.4. The van der Waals surface area contributed by atoms with Crippen LogP contribution in [0.15, 0.2) is 42.5 Å². The molecule has 2 N–H and O–H groups in total. The molecule has 2 amide bonds. The number of rotatable bonds is 8. The van der Waals surface area contributed by atoms with Crippen molar-refractivity contribution < 1.29 is 9.59 Å². The minimum absolute atomic E-state index is 0.144. The maximum absolute atomic E-state index is 12.7. The Kier molecular flexibility index (Phi) is 7.58. The third-order valence-electron chi connectivity index (χ3n) is 4.44. The van der Waals surface area contributed by atoms with Gasteiger partial charge in [-0.25, -0.2) is 0 Å². The van der Waals surface area contributed by atoms with E-state index in [1.165, 1.54) is 0 Å². The first-order valence-electron chi connectivity index (χ1n) is 9.41. The lowest BCUT2D eigenvalue weighted by Gasteiger charge is -2.19. The molecule has 2 rings (SSSR count). The average Bonchev–Trinajstić information content (AvgIpc) is 2.65. The zero-order chi connectivity index (χ0) is 20.7. The molecule has 0 saturated heterocycles. The summed E-state index contributed by atoms with van der Waals surface area (Å²) in [5.41, 5.74) is 3.46. The molecule has 0 heterocycles. The predicted molar refractivity (Wildman–Crippen MR) is 115 cm³/mol. The van der Waals surface area contributed by atoms with Crippen LogP contribution in [0.4, 0.5) is 11.4 Å². The third kappa shape index (κ3) is 5.82.